The maximum Gasteiger partial charge on any atom is 0.262 e. The van der Waals surface area contributed by atoms with Crippen LogP contribution in [0.5, 0.6) is 0 Å². The van der Waals surface area contributed by atoms with Crippen LogP contribution in [0.2, 0.25) is 0 Å². The SMILES string of the molecule is CCNC(=O)CNC(=O)CCCCCn1c(=S)[nH]c2ccccc2c1=O. The normalized spacial score (nSPS) is 10.7. The van der Waals surface area contributed by atoms with E-state index in [9.17, 15) is 14.4 Å². The van der Waals surface area contributed by atoms with E-state index in [0.717, 1.165) is 18.4 Å². The van der Waals surface area contributed by atoms with Crippen LogP contribution in [0.1, 0.15) is 32.6 Å². The van der Waals surface area contributed by atoms with Crippen LogP contribution in [0.3, 0.4) is 0 Å². The molecule has 2 rings (SSSR count). The maximum absolute atomic E-state index is 12.5. The van der Waals surface area contributed by atoms with E-state index in [1.54, 1.807) is 10.6 Å². The predicted molar refractivity (Wildman–Crippen MR) is 104 cm³/mol. The highest BCUT2D eigenvalue weighted by Gasteiger charge is 2.06. The third-order valence-electron chi connectivity index (χ3n) is 3.99. The van der Waals surface area contributed by atoms with E-state index in [1.807, 2.05) is 25.1 Å². The van der Waals surface area contributed by atoms with Gasteiger partial charge in [0.15, 0.2) is 4.77 Å². The van der Waals surface area contributed by atoms with Crippen LogP contribution in [0.15, 0.2) is 29.1 Å². The van der Waals surface area contributed by atoms with Crippen LogP contribution in [0, 0.1) is 4.77 Å². The molecule has 1 heterocycles. The van der Waals surface area contributed by atoms with E-state index in [0.29, 0.717) is 36.1 Å². The lowest BCUT2D eigenvalue weighted by atomic mass is 10.2. The van der Waals surface area contributed by atoms with Gasteiger partial charge in [0.2, 0.25) is 11.8 Å². The first-order chi connectivity index (χ1) is 12.5. The van der Waals surface area contributed by atoms with Gasteiger partial charge in [-0.1, -0.05) is 18.6 Å². The summed E-state index contributed by atoms with van der Waals surface area (Å²) in [4.78, 5) is 38.5. The number of benzene rings is 1. The fraction of sp³-hybridized carbons (Fsp3) is 0.444. The van der Waals surface area contributed by atoms with Crippen molar-refractivity contribution in [2.45, 2.75) is 39.2 Å². The minimum Gasteiger partial charge on any atom is -0.355 e. The highest BCUT2D eigenvalue weighted by molar-refractivity contribution is 7.71. The number of hydrogen-bond acceptors (Lipinski definition) is 4. The van der Waals surface area contributed by atoms with Crippen molar-refractivity contribution in [3.05, 3.63) is 39.4 Å². The standard InChI is InChI=1S/C18H24N4O3S/c1-2-19-16(24)12-20-15(23)10-4-3-7-11-22-17(25)13-8-5-6-9-14(13)21-18(22)26/h5-6,8-9H,2-4,7,10-12H2,1H3,(H,19,24)(H,20,23)(H,21,26). The van der Waals surface area contributed by atoms with Crippen LogP contribution in [-0.2, 0) is 16.1 Å². The van der Waals surface area contributed by atoms with Crippen molar-refractivity contribution >= 4 is 34.9 Å². The summed E-state index contributed by atoms with van der Waals surface area (Å²) in [6.07, 6.45) is 2.60. The first-order valence-corrected chi connectivity index (χ1v) is 9.19. The van der Waals surface area contributed by atoms with Gasteiger partial charge in [0.25, 0.3) is 5.56 Å². The Labute approximate surface area is 156 Å². The number of unbranched alkanes of at least 4 members (excludes halogenated alkanes) is 2. The summed E-state index contributed by atoms with van der Waals surface area (Å²) in [7, 11) is 0. The van der Waals surface area contributed by atoms with Crippen LogP contribution in [0.4, 0.5) is 0 Å². The number of fused-ring (bicyclic) bond motifs is 1. The molecule has 26 heavy (non-hydrogen) atoms. The summed E-state index contributed by atoms with van der Waals surface area (Å²) in [5.74, 6) is -0.331. The van der Waals surface area contributed by atoms with Gasteiger partial charge in [0.1, 0.15) is 0 Å². The van der Waals surface area contributed by atoms with Gasteiger partial charge in [-0.3, -0.25) is 19.0 Å². The molecule has 0 fully saturated rings. The lowest BCUT2D eigenvalue weighted by Gasteiger charge is -2.08. The van der Waals surface area contributed by atoms with Crippen molar-refractivity contribution in [2.75, 3.05) is 13.1 Å². The Morgan fingerprint density at radius 3 is 2.65 bits per heavy atom. The van der Waals surface area contributed by atoms with E-state index >= 15 is 0 Å². The van der Waals surface area contributed by atoms with Crippen LogP contribution in [0.25, 0.3) is 10.9 Å². The van der Waals surface area contributed by atoms with Crippen molar-refractivity contribution in [1.82, 2.24) is 20.2 Å². The van der Waals surface area contributed by atoms with Gasteiger partial charge < -0.3 is 15.6 Å². The molecule has 3 N–H and O–H groups in total. The molecule has 1 aromatic heterocycles. The Morgan fingerprint density at radius 2 is 1.88 bits per heavy atom. The Morgan fingerprint density at radius 1 is 1.12 bits per heavy atom. The number of nitrogens with zero attached hydrogens (tertiary/aromatic N) is 1. The van der Waals surface area contributed by atoms with Gasteiger partial charge in [0.05, 0.1) is 17.4 Å². The van der Waals surface area contributed by atoms with Gasteiger partial charge in [0, 0.05) is 19.5 Å². The number of hydrogen-bond donors (Lipinski definition) is 3. The molecule has 0 spiro atoms. The average Bonchev–Trinajstić information content (AvgIpc) is 2.62. The molecule has 0 aliphatic rings. The molecule has 0 aliphatic heterocycles. The van der Waals surface area contributed by atoms with E-state index in [4.69, 9.17) is 12.2 Å². The molecule has 0 saturated carbocycles. The Bertz CT molecular complexity index is 888. The topological polar surface area (TPSA) is 96.0 Å². The van der Waals surface area contributed by atoms with Gasteiger partial charge in [-0.25, -0.2) is 0 Å². The number of rotatable bonds is 9. The Balaban J connectivity index is 1.78. The summed E-state index contributed by atoms with van der Waals surface area (Å²) in [5, 5.41) is 5.82. The minimum atomic E-state index is -0.189. The fourth-order valence-corrected chi connectivity index (χ4v) is 2.95. The number of aromatic amines is 1. The van der Waals surface area contributed by atoms with Crippen molar-refractivity contribution in [2.24, 2.45) is 0 Å². The molecule has 0 saturated heterocycles. The van der Waals surface area contributed by atoms with Crippen LogP contribution in [-0.4, -0.2) is 34.5 Å². The quantitative estimate of drug-likeness (QED) is 0.460. The zero-order valence-electron chi connectivity index (χ0n) is 14.8. The zero-order valence-corrected chi connectivity index (χ0v) is 15.7. The molecule has 140 valence electrons. The van der Waals surface area contributed by atoms with Crippen molar-refractivity contribution < 1.29 is 9.59 Å². The number of likely N-dealkylation sites (N-methyl/N-ethyl adjacent to an activating group) is 1. The lowest BCUT2D eigenvalue weighted by molar-refractivity contribution is -0.126. The second-order valence-electron chi connectivity index (χ2n) is 5.97. The van der Waals surface area contributed by atoms with Gasteiger partial charge >= 0.3 is 0 Å². The summed E-state index contributed by atoms with van der Waals surface area (Å²) in [6, 6.07) is 7.29. The predicted octanol–water partition coefficient (Wildman–Crippen LogP) is 1.87. The fourth-order valence-electron chi connectivity index (χ4n) is 2.66. The third kappa shape index (κ3) is 5.52. The van der Waals surface area contributed by atoms with Gasteiger partial charge in [-0.05, 0) is 44.1 Å². The number of amides is 2. The molecule has 8 heteroatoms. The number of nitrogens with one attached hydrogen (secondary N) is 3. The van der Waals surface area contributed by atoms with Gasteiger partial charge in [-0.2, -0.15) is 0 Å². The van der Waals surface area contributed by atoms with Gasteiger partial charge in [-0.15, -0.1) is 0 Å². The van der Waals surface area contributed by atoms with Crippen LogP contribution < -0.4 is 16.2 Å². The molecule has 1 aromatic carbocycles. The van der Waals surface area contributed by atoms with E-state index in [-0.39, 0.29) is 23.9 Å². The molecule has 7 nitrogen and oxygen atoms in total. The van der Waals surface area contributed by atoms with E-state index in [1.165, 1.54) is 0 Å². The molecular weight excluding hydrogens is 352 g/mol. The number of H-pyrrole nitrogens is 1. The molecular formula is C18H24N4O3S. The largest absolute Gasteiger partial charge is 0.355 e. The highest BCUT2D eigenvalue weighted by atomic mass is 32.1. The van der Waals surface area contributed by atoms with Crippen molar-refractivity contribution in [3.63, 3.8) is 0 Å². The lowest BCUT2D eigenvalue weighted by Crippen LogP contribution is -2.36. The molecule has 0 aliphatic carbocycles. The molecule has 0 unspecified atom stereocenters. The number of para-hydroxylation sites is 1. The van der Waals surface area contributed by atoms with Crippen molar-refractivity contribution in [1.29, 1.82) is 0 Å². The summed E-state index contributed by atoms with van der Waals surface area (Å²) in [5.41, 5.74) is 0.645. The van der Waals surface area contributed by atoms with E-state index < -0.39 is 0 Å². The van der Waals surface area contributed by atoms with Crippen molar-refractivity contribution in [3.8, 4) is 0 Å². The molecule has 0 atom stereocenters. The number of carbonyl (C=O) groups excluding carboxylic acids is 2. The highest BCUT2D eigenvalue weighted by Crippen LogP contribution is 2.07. The first kappa shape index (κ1) is 19.8. The Kier molecular flexibility index (Phi) is 7.53. The third-order valence-corrected chi connectivity index (χ3v) is 4.32. The first-order valence-electron chi connectivity index (χ1n) is 8.78. The second-order valence-corrected chi connectivity index (χ2v) is 6.36. The summed E-state index contributed by atoms with van der Waals surface area (Å²) < 4.78 is 1.97. The summed E-state index contributed by atoms with van der Waals surface area (Å²) >= 11 is 5.27. The second kappa shape index (κ2) is 9.86. The van der Waals surface area contributed by atoms with Crippen LogP contribution >= 0.6 is 12.2 Å². The monoisotopic (exact) mass is 376 g/mol. The average molecular weight is 376 g/mol. The molecule has 2 aromatic rings. The molecule has 0 radical (unpaired) electrons. The Hall–Kier alpha value is -2.48. The minimum absolute atomic E-state index is 0.00824. The molecule has 0 bridgehead atoms. The smallest absolute Gasteiger partial charge is 0.262 e. The summed E-state index contributed by atoms with van der Waals surface area (Å²) in [6.45, 7) is 2.89. The zero-order chi connectivity index (χ0) is 18.9. The number of aromatic nitrogens is 2. The molecule has 2 amide bonds. The van der Waals surface area contributed by atoms with E-state index in [2.05, 4.69) is 15.6 Å². The number of carbonyl (C=O) groups is 2. The maximum atomic E-state index is 12.5.